The number of rotatable bonds is 1. The molecule has 100 valence electrons. The van der Waals surface area contributed by atoms with E-state index < -0.39 is 17.8 Å². The Hall–Kier alpha value is -2.02. The lowest BCUT2D eigenvalue weighted by molar-refractivity contribution is -0.140. The first-order chi connectivity index (χ1) is 8.79. The van der Waals surface area contributed by atoms with E-state index in [1.165, 1.54) is 24.3 Å². The average molecular weight is 289 g/mol. The van der Waals surface area contributed by atoms with Gasteiger partial charge in [0.2, 0.25) is 5.95 Å². The Kier molecular flexibility index (Phi) is 3.23. The van der Waals surface area contributed by atoms with Crippen molar-refractivity contribution in [1.82, 2.24) is 9.97 Å². The minimum Gasteiger partial charge on any atom is -0.383 e. The van der Waals surface area contributed by atoms with Gasteiger partial charge in [0, 0.05) is 5.02 Å². The van der Waals surface area contributed by atoms with Gasteiger partial charge in [-0.15, -0.1) is 0 Å². The van der Waals surface area contributed by atoms with Gasteiger partial charge in [-0.2, -0.15) is 18.2 Å². The highest BCUT2D eigenvalue weighted by Gasteiger charge is 2.37. The molecule has 19 heavy (non-hydrogen) atoms. The van der Waals surface area contributed by atoms with Gasteiger partial charge in [0.25, 0.3) is 0 Å². The highest BCUT2D eigenvalue weighted by atomic mass is 35.5. The van der Waals surface area contributed by atoms with Crippen LogP contribution in [-0.2, 0) is 6.18 Å². The molecule has 0 spiro atoms. The first-order valence-corrected chi connectivity index (χ1v) is 5.43. The molecule has 0 saturated carbocycles. The number of alkyl halides is 3. The fourth-order valence-corrected chi connectivity index (χ4v) is 1.73. The van der Waals surface area contributed by atoms with Gasteiger partial charge in [-0.3, -0.25) is 0 Å². The van der Waals surface area contributed by atoms with Crippen molar-refractivity contribution in [1.29, 1.82) is 0 Å². The number of aromatic nitrogens is 2. The molecular weight excluding hydrogens is 281 g/mol. The summed E-state index contributed by atoms with van der Waals surface area (Å²) >= 11 is 5.69. The Morgan fingerprint density at radius 1 is 1.00 bits per heavy atom. The number of nitrogen functional groups attached to an aromatic ring is 2. The normalized spacial score (nSPS) is 11.6. The van der Waals surface area contributed by atoms with Crippen LogP contribution >= 0.6 is 11.6 Å². The second-order valence-corrected chi connectivity index (χ2v) is 4.13. The number of nitrogens with two attached hydrogens (primary N) is 2. The summed E-state index contributed by atoms with van der Waals surface area (Å²) in [6, 6.07) is 5.71. The van der Waals surface area contributed by atoms with Crippen molar-refractivity contribution >= 4 is 23.4 Å². The van der Waals surface area contributed by atoms with Crippen molar-refractivity contribution in [3.05, 3.63) is 35.0 Å². The lowest BCUT2D eigenvalue weighted by atomic mass is 10.0. The third-order valence-corrected chi connectivity index (χ3v) is 2.61. The Morgan fingerprint density at radius 3 is 2.11 bits per heavy atom. The molecule has 0 aliphatic heterocycles. The molecule has 1 heterocycles. The second-order valence-electron chi connectivity index (χ2n) is 3.70. The van der Waals surface area contributed by atoms with Gasteiger partial charge in [0.15, 0.2) is 5.69 Å². The van der Waals surface area contributed by atoms with E-state index in [0.717, 1.165) is 0 Å². The van der Waals surface area contributed by atoms with Crippen molar-refractivity contribution in [2.24, 2.45) is 0 Å². The standard InChI is InChI=1S/C11H8ClF3N4/c12-6-3-1-5(2-4-6)7-8(11(13,14)15)18-10(17)19-9(7)16/h1-4H,(H4,16,17,18,19). The molecular formula is C11H8ClF3N4. The Bertz CT molecular complexity index is 611. The molecule has 0 amide bonds. The molecule has 2 aromatic rings. The lowest BCUT2D eigenvalue weighted by Gasteiger charge is -2.14. The molecule has 0 bridgehead atoms. The van der Waals surface area contributed by atoms with E-state index in [4.69, 9.17) is 23.1 Å². The SMILES string of the molecule is Nc1nc(N)c(-c2ccc(Cl)cc2)c(C(F)(F)F)n1. The van der Waals surface area contributed by atoms with Gasteiger partial charge >= 0.3 is 6.18 Å². The van der Waals surface area contributed by atoms with Crippen molar-refractivity contribution in [3.8, 4) is 11.1 Å². The third-order valence-electron chi connectivity index (χ3n) is 2.36. The van der Waals surface area contributed by atoms with Crippen LogP contribution in [0.5, 0.6) is 0 Å². The predicted molar refractivity (Wildman–Crippen MR) is 66.3 cm³/mol. The molecule has 0 radical (unpaired) electrons. The number of hydrogen-bond acceptors (Lipinski definition) is 4. The monoisotopic (exact) mass is 288 g/mol. The van der Waals surface area contributed by atoms with Crippen molar-refractivity contribution in [2.45, 2.75) is 6.18 Å². The lowest BCUT2D eigenvalue weighted by Crippen LogP contribution is -2.15. The number of benzene rings is 1. The zero-order valence-corrected chi connectivity index (χ0v) is 10.1. The molecule has 4 nitrogen and oxygen atoms in total. The molecule has 2 rings (SSSR count). The number of nitrogens with zero attached hydrogens (tertiary/aromatic N) is 2. The van der Waals surface area contributed by atoms with Gasteiger partial charge in [0.1, 0.15) is 5.82 Å². The summed E-state index contributed by atoms with van der Waals surface area (Å²) in [4.78, 5) is 6.79. The fourth-order valence-electron chi connectivity index (χ4n) is 1.60. The summed E-state index contributed by atoms with van der Waals surface area (Å²) in [6.45, 7) is 0. The van der Waals surface area contributed by atoms with Crippen LogP contribution in [0.3, 0.4) is 0 Å². The molecule has 4 N–H and O–H groups in total. The van der Waals surface area contributed by atoms with E-state index in [1.807, 2.05) is 0 Å². The molecule has 0 saturated heterocycles. The zero-order chi connectivity index (χ0) is 14.2. The maximum atomic E-state index is 12.9. The number of hydrogen-bond donors (Lipinski definition) is 2. The van der Waals surface area contributed by atoms with Crippen LogP contribution < -0.4 is 11.5 Å². The highest BCUT2D eigenvalue weighted by molar-refractivity contribution is 6.30. The van der Waals surface area contributed by atoms with E-state index >= 15 is 0 Å². The van der Waals surface area contributed by atoms with Crippen LogP contribution in [-0.4, -0.2) is 9.97 Å². The zero-order valence-electron chi connectivity index (χ0n) is 9.37. The molecule has 1 aromatic carbocycles. The van der Waals surface area contributed by atoms with E-state index in [1.54, 1.807) is 0 Å². The Balaban J connectivity index is 2.71. The van der Waals surface area contributed by atoms with Gasteiger partial charge in [0.05, 0.1) is 5.56 Å². The summed E-state index contributed by atoms with van der Waals surface area (Å²) in [6.07, 6.45) is -4.68. The fraction of sp³-hybridized carbons (Fsp3) is 0.0909. The summed E-state index contributed by atoms with van der Waals surface area (Å²) in [5.74, 6) is -0.857. The van der Waals surface area contributed by atoms with Crippen LogP contribution in [0.2, 0.25) is 5.02 Å². The van der Waals surface area contributed by atoms with Gasteiger partial charge in [-0.25, -0.2) is 4.98 Å². The summed E-state index contributed by atoms with van der Waals surface area (Å²) < 4.78 is 38.8. The summed E-state index contributed by atoms with van der Waals surface area (Å²) in [5.41, 5.74) is 9.47. The maximum Gasteiger partial charge on any atom is 0.434 e. The van der Waals surface area contributed by atoms with E-state index in [9.17, 15) is 13.2 Å². The summed E-state index contributed by atoms with van der Waals surface area (Å²) in [7, 11) is 0. The number of anilines is 2. The highest BCUT2D eigenvalue weighted by Crippen LogP contribution is 2.38. The van der Waals surface area contributed by atoms with E-state index in [2.05, 4.69) is 9.97 Å². The average Bonchev–Trinajstić information content (AvgIpc) is 2.28. The molecule has 0 aliphatic rings. The quantitative estimate of drug-likeness (QED) is 0.845. The minimum absolute atomic E-state index is 0.217. The predicted octanol–water partition coefficient (Wildman–Crippen LogP) is 2.98. The van der Waals surface area contributed by atoms with Crippen LogP contribution in [0.15, 0.2) is 24.3 Å². The Labute approximate surface area is 111 Å². The largest absolute Gasteiger partial charge is 0.434 e. The number of halogens is 4. The third kappa shape index (κ3) is 2.70. The molecule has 8 heteroatoms. The van der Waals surface area contributed by atoms with Crippen molar-refractivity contribution < 1.29 is 13.2 Å². The van der Waals surface area contributed by atoms with Crippen molar-refractivity contribution in [3.63, 3.8) is 0 Å². The first-order valence-electron chi connectivity index (χ1n) is 5.05. The van der Waals surface area contributed by atoms with Gasteiger partial charge in [-0.05, 0) is 17.7 Å². The van der Waals surface area contributed by atoms with Crippen molar-refractivity contribution in [2.75, 3.05) is 11.5 Å². The van der Waals surface area contributed by atoms with Gasteiger partial charge < -0.3 is 11.5 Å². The second kappa shape index (κ2) is 4.58. The Morgan fingerprint density at radius 2 is 1.58 bits per heavy atom. The first kappa shape index (κ1) is 13.4. The van der Waals surface area contributed by atoms with Crippen LogP contribution in [0, 0.1) is 0 Å². The minimum atomic E-state index is -4.68. The smallest absolute Gasteiger partial charge is 0.383 e. The molecule has 0 fully saturated rings. The van der Waals surface area contributed by atoms with E-state index in [0.29, 0.717) is 5.02 Å². The maximum absolute atomic E-state index is 12.9. The molecule has 0 unspecified atom stereocenters. The van der Waals surface area contributed by atoms with Crippen LogP contribution in [0.4, 0.5) is 24.9 Å². The molecule has 0 atom stereocenters. The molecule has 0 aliphatic carbocycles. The van der Waals surface area contributed by atoms with Crippen LogP contribution in [0.25, 0.3) is 11.1 Å². The van der Waals surface area contributed by atoms with E-state index in [-0.39, 0.29) is 16.9 Å². The van der Waals surface area contributed by atoms with Crippen LogP contribution in [0.1, 0.15) is 5.69 Å². The molecule has 1 aromatic heterocycles. The van der Waals surface area contributed by atoms with Gasteiger partial charge in [-0.1, -0.05) is 23.7 Å². The summed E-state index contributed by atoms with van der Waals surface area (Å²) in [5, 5.41) is 0.396. The topological polar surface area (TPSA) is 77.8 Å².